The van der Waals surface area contributed by atoms with Gasteiger partial charge in [0.1, 0.15) is 35.6 Å². The first-order valence-corrected chi connectivity index (χ1v) is 22.0. The molecule has 3 fully saturated rings. The smallest absolute Gasteiger partial charge is 0.408 e. The lowest BCUT2D eigenvalue weighted by Crippen LogP contribution is -2.80. The van der Waals surface area contributed by atoms with Crippen LogP contribution in [0.2, 0.25) is 0 Å². The Morgan fingerprint density at radius 3 is 1.91 bits per heavy atom. The van der Waals surface area contributed by atoms with Gasteiger partial charge in [-0.25, -0.2) is 19.2 Å². The molecule has 1 amide bonds. The van der Waals surface area contributed by atoms with Crippen molar-refractivity contribution < 1.29 is 67.7 Å². The van der Waals surface area contributed by atoms with Crippen molar-refractivity contribution >= 4 is 30.0 Å². The van der Waals surface area contributed by atoms with Gasteiger partial charge in [0.15, 0.2) is 11.7 Å². The summed E-state index contributed by atoms with van der Waals surface area (Å²) in [5, 5.41) is 40.8. The summed E-state index contributed by atoms with van der Waals surface area (Å²) in [4.78, 5) is 69.5. The largest absolute Gasteiger partial charge is 0.456 e. The number of alkyl carbamates (subject to hydrolysis) is 1. The third-order valence-electron chi connectivity index (χ3n) is 14.0. The average molecular weight is 910 g/mol. The number of carbonyl (C=O) groups is 5. The minimum Gasteiger partial charge on any atom is -0.456 e. The van der Waals surface area contributed by atoms with Gasteiger partial charge in [0.25, 0.3) is 0 Å². The summed E-state index contributed by atoms with van der Waals surface area (Å²) >= 11 is 0. The van der Waals surface area contributed by atoms with Crippen molar-refractivity contribution in [3.05, 3.63) is 131 Å². The standard InChI is InChI=1S/C51H59NO14/c1-28-34(62-45(58)39(55)38(31-19-13-10-14-20-31)52-46(59)66-47(4,5)6)26-51(60)42(64-44(57)33-23-17-12-18-24-33)41-49(9,35(54)25-36-50(41,27-61-36)65-30(3)53)29(2)40(37(28)48(51,7)8)63-43(56)32-21-15-11-16-22-32/h10-24,34-36,38-42,54-55,60H,2,25-27H2,1,3-9H3,(H,52,59)/t34-,35-,36+,38-,39+,40-,41?,42-,49+,50-,51+/m0/s1. The Morgan fingerprint density at radius 1 is 0.848 bits per heavy atom. The molecule has 0 spiro atoms. The molecular weight excluding hydrogens is 851 g/mol. The summed E-state index contributed by atoms with van der Waals surface area (Å²) < 4.78 is 36.9. The van der Waals surface area contributed by atoms with E-state index in [1.165, 1.54) is 19.1 Å². The zero-order chi connectivity index (χ0) is 48.1. The van der Waals surface area contributed by atoms with Crippen LogP contribution in [0.15, 0.2) is 114 Å². The molecule has 11 atom stereocenters. The second-order valence-corrected chi connectivity index (χ2v) is 19.5. The number of benzene rings is 3. The Labute approximate surface area is 384 Å². The van der Waals surface area contributed by atoms with Gasteiger partial charge in [0, 0.05) is 30.6 Å². The highest BCUT2D eigenvalue weighted by atomic mass is 16.6. The molecular formula is C51H59NO14. The zero-order valence-electron chi connectivity index (χ0n) is 38.4. The molecule has 0 radical (unpaired) electrons. The number of rotatable bonds is 10. The van der Waals surface area contributed by atoms with Gasteiger partial charge >= 0.3 is 30.0 Å². The second-order valence-electron chi connectivity index (χ2n) is 19.5. The van der Waals surface area contributed by atoms with Crippen molar-refractivity contribution in [3.63, 3.8) is 0 Å². The van der Waals surface area contributed by atoms with Crippen LogP contribution in [0, 0.1) is 16.7 Å². The molecule has 1 heterocycles. The van der Waals surface area contributed by atoms with E-state index in [2.05, 4.69) is 11.9 Å². The summed E-state index contributed by atoms with van der Waals surface area (Å²) in [6, 6.07) is 23.1. The molecule has 3 aliphatic carbocycles. The minimum atomic E-state index is -2.33. The number of carbonyl (C=O) groups excluding carboxylic acids is 5. The van der Waals surface area contributed by atoms with Gasteiger partial charge in [-0.15, -0.1) is 0 Å². The van der Waals surface area contributed by atoms with Crippen LogP contribution < -0.4 is 5.32 Å². The molecule has 15 nitrogen and oxygen atoms in total. The fourth-order valence-corrected chi connectivity index (χ4v) is 10.5. The highest BCUT2D eigenvalue weighted by Gasteiger charge is 2.77. The molecule has 352 valence electrons. The first-order valence-electron chi connectivity index (χ1n) is 22.0. The predicted octanol–water partition coefficient (Wildman–Crippen LogP) is 6.11. The highest BCUT2D eigenvalue weighted by molar-refractivity contribution is 5.90. The molecule has 1 saturated heterocycles. The topological polar surface area (TPSA) is 213 Å². The number of aliphatic hydroxyl groups excluding tert-OH is 2. The van der Waals surface area contributed by atoms with E-state index >= 15 is 0 Å². The maximum absolute atomic E-state index is 14.5. The molecule has 4 N–H and O–H groups in total. The van der Waals surface area contributed by atoms with Crippen molar-refractivity contribution in [1.29, 1.82) is 0 Å². The van der Waals surface area contributed by atoms with Gasteiger partial charge in [0.2, 0.25) is 0 Å². The first-order chi connectivity index (χ1) is 31.0. The first kappa shape index (κ1) is 48.1. The zero-order valence-corrected chi connectivity index (χ0v) is 38.4. The quantitative estimate of drug-likeness (QED) is 0.103. The predicted molar refractivity (Wildman–Crippen MR) is 237 cm³/mol. The van der Waals surface area contributed by atoms with E-state index in [1.807, 2.05) is 0 Å². The van der Waals surface area contributed by atoms with Gasteiger partial charge < -0.3 is 49.1 Å². The van der Waals surface area contributed by atoms with Gasteiger partial charge in [-0.1, -0.05) is 94.1 Å². The van der Waals surface area contributed by atoms with Crippen LogP contribution in [-0.4, -0.2) is 105 Å². The highest BCUT2D eigenvalue weighted by Crippen LogP contribution is 2.66. The van der Waals surface area contributed by atoms with Crippen molar-refractivity contribution in [2.75, 3.05) is 6.61 Å². The number of hydrogen-bond donors (Lipinski definition) is 4. The summed E-state index contributed by atoms with van der Waals surface area (Å²) in [5.74, 6) is -4.92. The van der Waals surface area contributed by atoms with Gasteiger partial charge in [-0.3, -0.25) is 4.79 Å². The lowest BCUT2D eigenvalue weighted by molar-refractivity contribution is -0.346. The van der Waals surface area contributed by atoms with E-state index in [1.54, 1.807) is 127 Å². The van der Waals surface area contributed by atoms with E-state index in [9.17, 15) is 39.3 Å². The molecule has 4 aliphatic rings. The Kier molecular flexibility index (Phi) is 12.9. The van der Waals surface area contributed by atoms with Crippen molar-refractivity contribution in [2.24, 2.45) is 16.7 Å². The lowest BCUT2D eigenvalue weighted by Gasteiger charge is -2.68. The molecule has 1 unspecified atom stereocenters. The van der Waals surface area contributed by atoms with E-state index in [0.717, 1.165) is 0 Å². The van der Waals surface area contributed by atoms with Gasteiger partial charge in [-0.05, 0) is 74.2 Å². The van der Waals surface area contributed by atoms with Crippen LogP contribution in [0.25, 0.3) is 0 Å². The van der Waals surface area contributed by atoms with E-state index in [4.69, 9.17) is 28.4 Å². The molecule has 15 heteroatoms. The van der Waals surface area contributed by atoms with Crippen molar-refractivity contribution in [1.82, 2.24) is 5.32 Å². The van der Waals surface area contributed by atoms with Crippen LogP contribution >= 0.6 is 0 Å². The van der Waals surface area contributed by atoms with Gasteiger partial charge in [0.05, 0.1) is 35.8 Å². The van der Waals surface area contributed by atoms with Crippen molar-refractivity contribution in [3.8, 4) is 0 Å². The van der Waals surface area contributed by atoms with Gasteiger partial charge in [-0.2, -0.15) is 0 Å². The SMILES string of the molecule is C=C1[C@H](OC(=O)c2ccccc2)C2=C(C)[C@@H](OC(=O)[C@H](O)[C@@H](NC(=O)OC(C)(C)C)c3ccccc3)C[C@@](O)([C@@H](OC(=O)c3ccccc3)C3[C@@]1(C)[C@@H](O)C[C@H]1OC[C@@]31OC(C)=O)C2(C)C. The second kappa shape index (κ2) is 17.7. The van der Waals surface area contributed by atoms with Crippen LogP contribution in [0.3, 0.4) is 0 Å². The Balaban J connectivity index is 1.42. The van der Waals surface area contributed by atoms with Crippen LogP contribution in [0.4, 0.5) is 4.79 Å². The normalized spacial score (nSPS) is 30.9. The summed E-state index contributed by atoms with van der Waals surface area (Å²) in [6.07, 6.45) is -10.4. The summed E-state index contributed by atoms with van der Waals surface area (Å²) in [7, 11) is 0. The number of amides is 1. The molecule has 2 saturated carbocycles. The van der Waals surface area contributed by atoms with Crippen LogP contribution in [0.1, 0.15) is 101 Å². The fourth-order valence-electron chi connectivity index (χ4n) is 10.5. The Morgan fingerprint density at radius 2 is 1.39 bits per heavy atom. The molecule has 2 bridgehead atoms. The van der Waals surface area contributed by atoms with E-state index < -0.39 is 113 Å². The maximum Gasteiger partial charge on any atom is 0.408 e. The third-order valence-corrected chi connectivity index (χ3v) is 14.0. The number of esters is 4. The van der Waals surface area contributed by atoms with Crippen LogP contribution in [-0.2, 0) is 38.0 Å². The molecule has 1 aliphatic heterocycles. The number of fused-ring (bicyclic) bond motifs is 5. The lowest BCUT2D eigenvalue weighted by atomic mass is 9.44. The molecule has 3 aromatic carbocycles. The third kappa shape index (κ3) is 8.42. The fraction of sp³-hybridized carbons (Fsp3) is 0.471. The summed E-state index contributed by atoms with van der Waals surface area (Å²) in [6.45, 7) is 17.1. The molecule has 3 aromatic rings. The van der Waals surface area contributed by atoms with E-state index in [0.29, 0.717) is 11.1 Å². The Hall–Kier alpha value is -5.87. The average Bonchev–Trinajstić information content (AvgIpc) is 3.26. The van der Waals surface area contributed by atoms with E-state index in [-0.39, 0.29) is 35.3 Å². The number of hydrogen-bond acceptors (Lipinski definition) is 14. The van der Waals surface area contributed by atoms with Crippen molar-refractivity contribution in [2.45, 2.75) is 128 Å². The molecule has 0 aromatic heterocycles. The summed E-state index contributed by atoms with van der Waals surface area (Å²) in [5.41, 5.74) is -6.86. The number of nitrogens with one attached hydrogen (secondary N) is 1. The molecule has 7 rings (SSSR count). The Bertz CT molecular complexity index is 2400. The number of aliphatic hydroxyl groups is 3. The maximum atomic E-state index is 14.5. The molecule has 66 heavy (non-hydrogen) atoms. The van der Waals surface area contributed by atoms with Crippen LogP contribution in [0.5, 0.6) is 0 Å². The number of ether oxygens (including phenoxy) is 6. The minimum absolute atomic E-state index is 0.0735. The monoisotopic (exact) mass is 909 g/mol.